The molecule has 0 spiro atoms. The van der Waals surface area contributed by atoms with Crippen LogP contribution in [0.25, 0.3) is 0 Å². The van der Waals surface area contributed by atoms with Crippen molar-refractivity contribution in [2.75, 3.05) is 0 Å². The van der Waals surface area contributed by atoms with Crippen molar-refractivity contribution in [1.82, 2.24) is 9.97 Å². The van der Waals surface area contributed by atoms with Crippen LogP contribution < -0.4 is 11.5 Å². The molecular weight excluding hydrogens is 424 g/mol. The summed E-state index contributed by atoms with van der Waals surface area (Å²) in [6.07, 6.45) is 4.42. The predicted octanol–water partition coefficient (Wildman–Crippen LogP) is 7.49. The van der Waals surface area contributed by atoms with Gasteiger partial charge in [-0.3, -0.25) is 10.4 Å². The molecule has 2 aromatic rings. The number of nitrogens with two attached hydrogens (primary N) is 2. The lowest BCUT2D eigenvalue weighted by Gasteiger charge is -1.92. The molecule has 34 heavy (non-hydrogen) atoms. The first-order valence-corrected chi connectivity index (χ1v) is 12.0. The summed E-state index contributed by atoms with van der Waals surface area (Å²) >= 11 is 0. The first kappa shape index (κ1) is 44.3. The van der Waals surface area contributed by atoms with Gasteiger partial charge in [0.25, 0.3) is 0 Å². The molecule has 0 aliphatic heterocycles. The number of aromatic nitrogens is 2. The Hall–Kier alpha value is -3.42. The molecule has 8 heteroatoms. The van der Waals surface area contributed by atoms with E-state index in [4.69, 9.17) is 23.3 Å². The second-order valence-electron chi connectivity index (χ2n) is 3.35. The van der Waals surface area contributed by atoms with E-state index in [1.807, 2.05) is 83.1 Å². The molecule has 0 bridgehead atoms. The molecule has 7 N–H and O–H groups in total. The van der Waals surface area contributed by atoms with E-state index >= 15 is 0 Å². The topological polar surface area (TPSA) is 162 Å². The SMILES string of the molecule is CC.CC.CC.CC.CC.CC.N=CN.N=Cc1cccc(N=CN)n1.[3H]c1cccc(C=N)n1. The Bertz CT molecular complexity index is 663. The van der Waals surface area contributed by atoms with Crippen molar-refractivity contribution in [1.29, 1.82) is 16.2 Å². The summed E-state index contributed by atoms with van der Waals surface area (Å²) in [5.41, 5.74) is 10.6. The van der Waals surface area contributed by atoms with Gasteiger partial charge in [0.2, 0.25) is 0 Å². The van der Waals surface area contributed by atoms with Gasteiger partial charge in [-0.15, -0.1) is 0 Å². The van der Waals surface area contributed by atoms with Crippen molar-refractivity contribution in [3.63, 3.8) is 0 Å². The van der Waals surface area contributed by atoms with Gasteiger partial charge >= 0.3 is 0 Å². The van der Waals surface area contributed by atoms with Gasteiger partial charge < -0.3 is 22.3 Å². The third kappa shape index (κ3) is 46.7. The predicted molar refractivity (Wildman–Crippen MR) is 158 cm³/mol. The Balaban J connectivity index is -0.0000000587. The highest BCUT2D eigenvalue weighted by atomic mass is 14.9. The molecule has 0 unspecified atom stereocenters. The maximum absolute atomic E-state index is 7.02. The fraction of sp³-hybridized carbons (Fsp3) is 0.462. The largest absolute Gasteiger partial charge is 0.390 e. The summed E-state index contributed by atoms with van der Waals surface area (Å²) in [7, 11) is 0. The second-order valence-corrected chi connectivity index (χ2v) is 3.35. The lowest BCUT2D eigenvalue weighted by atomic mass is 10.4. The van der Waals surface area contributed by atoms with E-state index in [9.17, 15) is 0 Å². The Labute approximate surface area is 212 Å². The molecule has 0 fully saturated rings. The van der Waals surface area contributed by atoms with E-state index < -0.39 is 0 Å². The average molecular weight is 481 g/mol. The van der Waals surface area contributed by atoms with Crippen LogP contribution in [0.5, 0.6) is 0 Å². The average Bonchev–Trinajstić information content (AvgIpc) is 2.96. The molecule has 8 nitrogen and oxygen atoms in total. The van der Waals surface area contributed by atoms with Crippen LogP contribution in [0, 0.1) is 16.2 Å². The molecule has 198 valence electrons. The van der Waals surface area contributed by atoms with Gasteiger partial charge in [-0.2, -0.15) is 0 Å². The highest BCUT2D eigenvalue weighted by molar-refractivity contribution is 5.74. The van der Waals surface area contributed by atoms with E-state index in [-0.39, 0.29) is 6.17 Å². The standard InChI is InChI=1S/C7H8N4.C6H6N2.6C2H6.CH4N2/c8-4-6-2-1-3-7(11-6)10-5-9;7-5-6-3-1-2-4-8-6;6*1-2;2-1-3/h1-5,8H,(H2,9,10,11);1-5,7H;6*1-2H3;1H,(H3,2,3)/i;4T;;;;;;;. The van der Waals surface area contributed by atoms with Crippen LogP contribution in [-0.2, 0) is 0 Å². The molecular formula is C26H54N8. The van der Waals surface area contributed by atoms with Crippen molar-refractivity contribution in [3.05, 3.63) is 54.0 Å². The number of pyridine rings is 2. The van der Waals surface area contributed by atoms with Gasteiger partial charge in [-0.1, -0.05) is 95.2 Å². The van der Waals surface area contributed by atoms with Gasteiger partial charge in [0.05, 0.1) is 25.4 Å². The number of aliphatic imine (C=N–C) groups is 1. The van der Waals surface area contributed by atoms with E-state index in [1.54, 1.807) is 36.4 Å². The minimum atomic E-state index is 0.205. The third-order valence-corrected chi connectivity index (χ3v) is 1.89. The number of rotatable bonds is 3. The van der Waals surface area contributed by atoms with Gasteiger partial charge in [-0.05, 0) is 24.3 Å². The zero-order valence-corrected chi connectivity index (χ0v) is 23.8. The van der Waals surface area contributed by atoms with Crippen molar-refractivity contribution in [3.8, 4) is 0 Å². The molecule has 0 radical (unpaired) electrons. The van der Waals surface area contributed by atoms with Crippen molar-refractivity contribution in [2.45, 2.75) is 83.1 Å². The Kier molecular flexibility index (Phi) is 82.1. The monoisotopic (exact) mass is 480 g/mol. The minimum Gasteiger partial charge on any atom is -0.390 e. The summed E-state index contributed by atoms with van der Waals surface area (Å²) in [6, 6.07) is 10.2. The second kappa shape index (κ2) is 63.0. The summed E-state index contributed by atoms with van der Waals surface area (Å²) in [5, 5.41) is 19.5. The van der Waals surface area contributed by atoms with Crippen LogP contribution >= 0.6 is 0 Å². The minimum absolute atomic E-state index is 0.205. The van der Waals surface area contributed by atoms with Gasteiger partial charge in [0, 0.05) is 18.6 Å². The maximum atomic E-state index is 7.02. The summed E-state index contributed by atoms with van der Waals surface area (Å²) in [5.74, 6) is 0.522. The normalized spacial score (nSPS) is 7.12. The highest BCUT2D eigenvalue weighted by Crippen LogP contribution is 2.05. The molecule has 0 aliphatic rings. The van der Waals surface area contributed by atoms with E-state index in [2.05, 4.69) is 20.7 Å². The third-order valence-electron chi connectivity index (χ3n) is 1.89. The molecule has 0 aromatic carbocycles. The number of nitrogens with zero attached hydrogens (tertiary/aromatic N) is 3. The van der Waals surface area contributed by atoms with Crippen molar-refractivity contribution < 1.29 is 1.37 Å². The van der Waals surface area contributed by atoms with Crippen LogP contribution in [-0.4, -0.2) is 35.1 Å². The molecule has 2 aromatic heterocycles. The molecule has 0 saturated heterocycles. The molecule has 0 amide bonds. The smallest absolute Gasteiger partial charge is 0.154 e. The number of nitrogens with one attached hydrogen (secondary N) is 3. The highest BCUT2D eigenvalue weighted by Gasteiger charge is 1.89. The summed E-state index contributed by atoms with van der Waals surface area (Å²) in [4.78, 5) is 11.4. The van der Waals surface area contributed by atoms with E-state index in [0.717, 1.165) is 18.8 Å². The lowest BCUT2D eigenvalue weighted by Crippen LogP contribution is -1.89. The molecule has 2 heterocycles. The Morgan fingerprint density at radius 1 is 0.706 bits per heavy atom. The first-order valence-electron chi connectivity index (χ1n) is 12.5. The van der Waals surface area contributed by atoms with Gasteiger partial charge in [0.15, 0.2) is 5.82 Å². The Morgan fingerprint density at radius 2 is 1.12 bits per heavy atom. The van der Waals surface area contributed by atoms with Gasteiger partial charge in [-0.25, -0.2) is 9.98 Å². The van der Waals surface area contributed by atoms with Crippen LogP contribution in [0.3, 0.4) is 0 Å². The molecule has 0 atom stereocenters. The van der Waals surface area contributed by atoms with Crippen LogP contribution in [0.2, 0.25) is 0 Å². The quantitative estimate of drug-likeness (QED) is 0.227. The lowest BCUT2D eigenvalue weighted by molar-refractivity contribution is 1.25. The van der Waals surface area contributed by atoms with Crippen LogP contribution in [0.4, 0.5) is 5.82 Å². The summed E-state index contributed by atoms with van der Waals surface area (Å²) < 4.78 is 7.02. The number of hydrogen-bond donors (Lipinski definition) is 5. The summed E-state index contributed by atoms with van der Waals surface area (Å²) in [6.45, 7) is 24.0. The molecule has 2 rings (SSSR count). The fourth-order valence-corrected chi connectivity index (χ4v) is 1.09. The van der Waals surface area contributed by atoms with E-state index in [0.29, 0.717) is 17.2 Å². The molecule has 0 saturated carbocycles. The van der Waals surface area contributed by atoms with Gasteiger partial charge in [0.1, 0.15) is 0 Å². The molecule has 0 aliphatic carbocycles. The zero-order chi connectivity index (χ0) is 29.5. The van der Waals surface area contributed by atoms with E-state index in [1.165, 1.54) is 6.34 Å². The van der Waals surface area contributed by atoms with Crippen molar-refractivity contribution in [2.24, 2.45) is 16.5 Å². The van der Waals surface area contributed by atoms with Crippen molar-refractivity contribution >= 4 is 30.9 Å². The Morgan fingerprint density at radius 3 is 1.44 bits per heavy atom. The number of hydrogen-bond acceptors (Lipinski definition) is 6. The van der Waals surface area contributed by atoms with Crippen LogP contribution in [0.15, 0.2) is 47.6 Å². The zero-order valence-electron chi connectivity index (χ0n) is 24.8. The first-order chi connectivity index (χ1) is 17.1. The maximum Gasteiger partial charge on any atom is 0.154 e. The van der Waals surface area contributed by atoms with Crippen LogP contribution in [0.1, 0.15) is 95.8 Å². The fourth-order valence-electron chi connectivity index (χ4n) is 1.09.